The molecule has 2 N–H and O–H groups in total. The monoisotopic (exact) mass is 359 g/mol. The number of rotatable bonds is 5. The first kappa shape index (κ1) is 13.3. The Morgan fingerprint density at radius 3 is 3.06 bits per heavy atom. The number of halogens is 1. The molecule has 0 saturated carbocycles. The van der Waals surface area contributed by atoms with Crippen LogP contribution in [-0.4, -0.2) is 23.4 Å². The Labute approximate surface area is 119 Å². The zero-order valence-corrected chi connectivity index (χ0v) is 12.2. The molecule has 96 valence electrons. The van der Waals surface area contributed by atoms with Crippen LogP contribution in [0.5, 0.6) is 0 Å². The molecule has 1 aromatic carbocycles. The van der Waals surface area contributed by atoms with Crippen molar-refractivity contribution in [2.24, 2.45) is 0 Å². The average molecular weight is 359 g/mol. The molecule has 0 unspecified atom stereocenters. The number of aromatic nitrogens is 2. The highest BCUT2D eigenvalue weighted by Gasteiger charge is 2.12. The van der Waals surface area contributed by atoms with Crippen molar-refractivity contribution in [3.8, 4) is 11.5 Å². The third-order valence-corrected chi connectivity index (χ3v) is 3.06. The standard InChI is InChI=1S/C12H14IN3O2/c1-2-17-6-5-11-15-12(18-16-11)9-7-8(13)3-4-10(9)14/h3-4,7H,2,5-6,14H2,1H3. The first-order valence-electron chi connectivity index (χ1n) is 5.66. The van der Waals surface area contributed by atoms with Crippen LogP contribution >= 0.6 is 22.6 Å². The first-order chi connectivity index (χ1) is 8.70. The SMILES string of the molecule is CCOCCc1noc(-c2cc(I)ccc2N)n1. The van der Waals surface area contributed by atoms with Gasteiger partial charge in [-0.3, -0.25) is 0 Å². The van der Waals surface area contributed by atoms with Gasteiger partial charge in [-0.15, -0.1) is 0 Å². The Kier molecular flexibility index (Phi) is 4.54. The molecule has 0 amide bonds. The molecule has 2 rings (SSSR count). The quantitative estimate of drug-likeness (QED) is 0.505. The number of nitrogens with zero attached hydrogens (tertiary/aromatic N) is 2. The van der Waals surface area contributed by atoms with E-state index in [0.29, 0.717) is 37.0 Å². The lowest BCUT2D eigenvalue weighted by Crippen LogP contribution is -1.99. The van der Waals surface area contributed by atoms with Crippen LogP contribution in [0, 0.1) is 3.57 Å². The van der Waals surface area contributed by atoms with Gasteiger partial charge in [-0.2, -0.15) is 4.98 Å². The summed E-state index contributed by atoms with van der Waals surface area (Å²) in [5.41, 5.74) is 7.31. The van der Waals surface area contributed by atoms with Gasteiger partial charge in [0.05, 0.1) is 12.2 Å². The van der Waals surface area contributed by atoms with Crippen LogP contribution in [0.3, 0.4) is 0 Å². The van der Waals surface area contributed by atoms with E-state index in [0.717, 1.165) is 9.13 Å². The number of hydrogen-bond acceptors (Lipinski definition) is 5. The lowest BCUT2D eigenvalue weighted by Gasteiger charge is -2.00. The van der Waals surface area contributed by atoms with Gasteiger partial charge in [-0.25, -0.2) is 0 Å². The predicted octanol–water partition coefficient (Wildman–Crippen LogP) is 2.50. The van der Waals surface area contributed by atoms with E-state index in [1.165, 1.54) is 0 Å². The lowest BCUT2D eigenvalue weighted by molar-refractivity contribution is 0.149. The summed E-state index contributed by atoms with van der Waals surface area (Å²) in [5, 5.41) is 3.91. The molecule has 0 bridgehead atoms. The number of benzene rings is 1. The van der Waals surface area contributed by atoms with Crippen LogP contribution < -0.4 is 5.73 Å². The minimum absolute atomic E-state index is 0.456. The Morgan fingerprint density at radius 2 is 2.28 bits per heavy atom. The summed E-state index contributed by atoms with van der Waals surface area (Å²) < 4.78 is 11.5. The topological polar surface area (TPSA) is 74.2 Å². The molecule has 1 aromatic heterocycles. The number of ether oxygens (including phenoxy) is 1. The minimum Gasteiger partial charge on any atom is -0.398 e. The first-order valence-corrected chi connectivity index (χ1v) is 6.74. The fourth-order valence-corrected chi connectivity index (χ4v) is 1.98. The van der Waals surface area contributed by atoms with Gasteiger partial charge in [0, 0.05) is 22.3 Å². The van der Waals surface area contributed by atoms with Crippen molar-refractivity contribution in [2.75, 3.05) is 18.9 Å². The molecule has 1 heterocycles. The van der Waals surface area contributed by atoms with Gasteiger partial charge in [0.25, 0.3) is 5.89 Å². The van der Waals surface area contributed by atoms with Crippen LogP contribution in [0.25, 0.3) is 11.5 Å². The van der Waals surface area contributed by atoms with Gasteiger partial charge in [0.2, 0.25) is 0 Å². The predicted molar refractivity (Wildman–Crippen MR) is 77.1 cm³/mol. The van der Waals surface area contributed by atoms with E-state index in [4.69, 9.17) is 15.0 Å². The molecule has 0 saturated heterocycles. The van der Waals surface area contributed by atoms with Crippen LogP contribution in [0.2, 0.25) is 0 Å². The van der Waals surface area contributed by atoms with Crippen LogP contribution in [0.1, 0.15) is 12.7 Å². The number of anilines is 1. The normalized spacial score (nSPS) is 10.8. The lowest BCUT2D eigenvalue weighted by atomic mass is 10.2. The van der Waals surface area contributed by atoms with E-state index >= 15 is 0 Å². The molecule has 0 aliphatic heterocycles. The Bertz CT molecular complexity index is 528. The van der Waals surface area contributed by atoms with Gasteiger partial charge < -0.3 is 15.0 Å². The minimum atomic E-state index is 0.456. The molecule has 0 atom stereocenters. The molecular weight excluding hydrogens is 345 g/mol. The fourth-order valence-electron chi connectivity index (χ4n) is 1.49. The highest BCUT2D eigenvalue weighted by Crippen LogP contribution is 2.26. The van der Waals surface area contributed by atoms with Crippen molar-refractivity contribution in [3.63, 3.8) is 0 Å². The third-order valence-electron chi connectivity index (χ3n) is 2.39. The van der Waals surface area contributed by atoms with Crippen LogP contribution in [-0.2, 0) is 11.2 Å². The summed E-state index contributed by atoms with van der Waals surface area (Å²) in [6, 6.07) is 5.70. The zero-order valence-electron chi connectivity index (χ0n) is 10.0. The molecule has 18 heavy (non-hydrogen) atoms. The molecule has 0 aliphatic carbocycles. The van der Waals surface area contributed by atoms with E-state index < -0.39 is 0 Å². The maximum atomic E-state index is 5.90. The smallest absolute Gasteiger partial charge is 0.260 e. The average Bonchev–Trinajstić information content (AvgIpc) is 2.81. The van der Waals surface area contributed by atoms with Crippen molar-refractivity contribution >= 4 is 28.3 Å². The second-order valence-electron chi connectivity index (χ2n) is 3.69. The summed E-state index contributed by atoms with van der Waals surface area (Å²) in [7, 11) is 0. The van der Waals surface area contributed by atoms with Crippen molar-refractivity contribution in [1.82, 2.24) is 10.1 Å². The summed E-state index contributed by atoms with van der Waals surface area (Å²) >= 11 is 2.22. The van der Waals surface area contributed by atoms with Gasteiger partial charge in [0.1, 0.15) is 0 Å². The van der Waals surface area contributed by atoms with E-state index in [1.54, 1.807) is 0 Å². The van der Waals surface area contributed by atoms with E-state index in [1.807, 2.05) is 25.1 Å². The molecule has 0 aliphatic rings. The van der Waals surface area contributed by atoms with E-state index in [2.05, 4.69) is 32.7 Å². The van der Waals surface area contributed by atoms with Crippen LogP contribution in [0.4, 0.5) is 5.69 Å². The molecular formula is C12H14IN3O2. The van der Waals surface area contributed by atoms with Crippen molar-refractivity contribution in [3.05, 3.63) is 27.6 Å². The number of nitrogen functional groups attached to an aromatic ring is 1. The molecule has 6 heteroatoms. The maximum Gasteiger partial charge on any atom is 0.260 e. The van der Waals surface area contributed by atoms with Crippen LogP contribution in [0.15, 0.2) is 22.7 Å². The van der Waals surface area contributed by atoms with Gasteiger partial charge in [-0.05, 0) is 47.7 Å². The molecule has 5 nitrogen and oxygen atoms in total. The molecule has 2 aromatic rings. The second-order valence-corrected chi connectivity index (χ2v) is 4.94. The number of hydrogen-bond donors (Lipinski definition) is 1. The number of nitrogens with two attached hydrogens (primary N) is 1. The van der Waals surface area contributed by atoms with Crippen molar-refractivity contribution < 1.29 is 9.26 Å². The van der Waals surface area contributed by atoms with Crippen molar-refractivity contribution in [2.45, 2.75) is 13.3 Å². The van der Waals surface area contributed by atoms with Crippen molar-refractivity contribution in [1.29, 1.82) is 0 Å². The largest absolute Gasteiger partial charge is 0.398 e. The molecule has 0 fully saturated rings. The van der Waals surface area contributed by atoms with Gasteiger partial charge in [0.15, 0.2) is 5.82 Å². The Balaban J connectivity index is 2.16. The Hall–Kier alpha value is -1.15. The summed E-state index contributed by atoms with van der Waals surface area (Å²) in [5.74, 6) is 1.09. The van der Waals surface area contributed by atoms with Gasteiger partial charge in [-0.1, -0.05) is 5.16 Å². The van der Waals surface area contributed by atoms with E-state index in [9.17, 15) is 0 Å². The third kappa shape index (κ3) is 3.20. The Morgan fingerprint density at radius 1 is 1.44 bits per heavy atom. The second kappa shape index (κ2) is 6.14. The molecule has 0 spiro atoms. The summed E-state index contributed by atoms with van der Waals surface area (Å²) in [6.45, 7) is 3.24. The fraction of sp³-hybridized carbons (Fsp3) is 0.333. The maximum absolute atomic E-state index is 5.90. The van der Waals surface area contributed by atoms with Gasteiger partial charge >= 0.3 is 0 Å². The highest BCUT2D eigenvalue weighted by molar-refractivity contribution is 14.1. The summed E-state index contributed by atoms with van der Waals surface area (Å²) in [4.78, 5) is 4.31. The highest BCUT2D eigenvalue weighted by atomic mass is 127. The zero-order chi connectivity index (χ0) is 13.0. The summed E-state index contributed by atoms with van der Waals surface area (Å²) in [6.07, 6.45) is 0.640. The molecule has 0 radical (unpaired) electrons. The van der Waals surface area contributed by atoms with E-state index in [-0.39, 0.29) is 0 Å².